The zero-order chi connectivity index (χ0) is 10.3. The van der Waals surface area contributed by atoms with Crippen LogP contribution in [0.4, 0.5) is 0 Å². The Labute approximate surface area is 89.1 Å². The van der Waals surface area contributed by atoms with Gasteiger partial charge in [0.25, 0.3) is 0 Å². The van der Waals surface area contributed by atoms with Crippen LogP contribution in [0.15, 0.2) is 12.3 Å². The molecule has 2 nitrogen and oxygen atoms in total. The molecule has 1 saturated carbocycles. The number of aromatic nitrogens is 1. The van der Waals surface area contributed by atoms with E-state index in [4.69, 9.17) is 0 Å². The molecule has 0 bridgehead atoms. The van der Waals surface area contributed by atoms with Gasteiger partial charge in [-0.15, -0.1) is 0 Å². The third-order valence-electron chi connectivity index (χ3n) is 3.11. The van der Waals surface area contributed by atoms with Gasteiger partial charge >= 0.3 is 0 Å². The third kappa shape index (κ3) is 1.84. The van der Waals surface area contributed by atoms with Gasteiger partial charge in [-0.05, 0) is 41.3 Å². The van der Waals surface area contributed by atoms with Gasteiger partial charge in [0.15, 0.2) is 0 Å². The van der Waals surface area contributed by atoms with Crippen LogP contribution in [0.3, 0.4) is 0 Å². The molecule has 0 amide bonds. The van der Waals surface area contributed by atoms with Gasteiger partial charge in [-0.3, -0.25) is 0 Å². The summed E-state index contributed by atoms with van der Waals surface area (Å²) in [4.78, 5) is 1.02. The molecule has 0 saturated heterocycles. The zero-order valence-corrected chi connectivity index (χ0v) is 9.71. The van der Waals surface area contributed by atoms with E-state index in [1.54, 1.807) is 6.20 Å². The molecule has 1 N–H and O–H groups in total. The molecule has 3 unspecified atom stereocenters. The van der Waals surface area contributed by atoms with Crippen molar-refractivity contribution in [3.05, 3.63) is 17.1 Å². The minimum atomic E-state index is -0.285. The van der Waals surface area contributed by atoms with Gasteiger partial charge in [0.1, 0.15) is 0 Å². The molecule has 14 heavy (non-hydrogen) atoms. The highest BCUT2D eigenvalue weighted by Gasteiger charge is 2.49. The first-order valence-corrected chi connectivity index (χ1v) is 5.86. The highest BCUT2D eigenvalue weighted by atomic mass is 32.1. The summed E-state index contributed by atoms with van der Waals surface area (Å²) in [6.45, 7) is 6.74. The average molecular weight is 211 g/mol. The van der Waals surface area contributed by atoms with Crippen LogP contribution in [0.2, 0.25) is 0 Å². The van der Waals surface area contributed by atoms with Crippen molar-refractivity contribution >= 4 is 11.5 Å². The Morgan fingerprint density at radius 3 is 2.71 bits per heavy atom. The number of rotatable bonds is 2. The highest BCUT2D eigenvalue weighted by molar-refractivity contribution is 7.05. The van der Waals surface area contributed by atoms with Crippen LogP contribution in [0.1, 0.15) is 38.2 Å². The van der Waals surface area contributed by atoms with Crippen LogP contribution in [-0.2, 0) is 0 Å². The molecule has 1 aromatic heterocycles. The molecule has 78 valence electrons. The van der Waals surface area contributed by atoms with Crippen LogP contribution >= 0.6 is 11.5 Å². The predicted octanol–water partition coefficient (Wildman–Crippen LogP) is 2.86. The van der Waals surface area contributed by atoms with Crippen molar-refractivity contribution in [1.29, 1.82) is 0 Å². The number of hydrogen-bond donors (Lipinski definition) is 1. The van der Waals surface area contributed by atoms with Gasteiger partial charge in [-0.1, -0.05) is 20.8 Å². The van der Waals surface area contributed by atoms with E-state index in [9.17, 15) is 5.11 Å². The molecule has 1 aliphatic carbocycles. The number of aliphatic hydroxyl groups excluding tert-OH is 1. The SMILES string of the molecule is CC(C)(C)C1CC1C(O)c1ccns1. The van der Waals surface area contributed by atoms with Crippen LogP contribution in [0, 0.1) is 17.3 Å². The van der Waals surface area contributed by atoms with Crippen molar-refractivity contribution in [3.8, 4) is 0 Å². The van der Waals surface area contributed by atoms with Crippen LogP contribution < -0.4 is 0 Å². The second-order valence-corrected chi connectivity index (χ2v) is 6.10. The quantitative estimate of drug-likeness (QED) is 0.816. The summed E-state index contributed by atoms with van der Waals surface area (Å²) in [6.07, 6.45) is 2.63. The lowest BCUT2D eigenvalue weighted by Gasteiger charge is -2.19. The summed E-state index contributed by atoms with van der Waals surface area (Å²) < 4.78 is 4.02. The van der Waals surface area contributed by atoms with Crippen molar-refractivity contribution in [2.75, 3.05) is 0 Å². The number of nitrogens with zero attached hydrogens (tertiary/aromatic N) is 1. The molecule has 3 heteroatoms. The summed E-state index contributed by atoms with van der Waals surface area (Å²) in [5.74, 6) is 1.12. The van der Waals surface area contributed by atoms with E-state index >= 15 is 0 Å². The van der Waals surface area contributed by atoms with Crippen LogP contribution in [0.25, 0.3) is 0 Å². The first-order chi connectivity index (χ1) is 6.50. The normalized spacial score (nSPS) is 28.9. The van der Waals surface area contributed by atoms with E-state index in [0.29, 0.717) is 17.3 Å². The topological polar surface area (TPSA) is 33.1 Å². The molecule has 1 fully saturated rings. The molecule has 3 atom stereocenters. The maximum Gasteiger partial charge on any atom is 0.0928 e. The number of hydrogen-bond acceptors (Lipinski definition) is 3. The second kappa shape index (κ2) is 3.31. The predicted molar refractivity (Wildman–Crippen MR) is 58.1 cm³/mol. The summed E-state index contributed by atoms with van der Waals surface area (Å²) in [6, 6.07) is 1.92. The number of aliphatic hydroxyl groups is 1. The molecule has 0 aliphatic heterocycles. The zero-order valence-electron chi connectivity index (χ0n) is 8.90. The van der Waals surface area contributed by atoms with Crippen molar-refractivity contribution < 1.29 is 5.11 Å². The maximum atomic E-state index is 10.1. The summed E-state index contributed by atoms with van der Waals surface area (Å²) in [5, 5.41) is 10.1. The molecular formula is C11H17NOS. The Balaban J connectivity index is 2.00. The van der Waals surface area contributed by atoms with Gasteiger partial charge in [-0.25, -0.2) is 4.37 Å². The minimum absolute atomic E-state index is 0.285. The lowest BCUT2D eigenvalue weighted by molar-refractivity contribution is 0.137. The largest absolute Gasteiger partial charge is 0.387 e. The van der Waals surface area contributed by atoms with Crippen LogP contribution in [-0.4, -0.2) is 9.48 Å². The molecule has 1 aliphatic rings. The van der Waals surface area contributed by atoms with Crippen molar-refractivity contribution in [3.63, 3.8) is 0 Å². The van der Waals surface area contributed by atoms with Gasteiger partial charge in [0, 0.05) is 6.20 Å². The Bertz CT molecular complexity index is 302. The highest BCUT2D eigenvalue weighted by Crippen LogP contribution is 2.56. The van der Waals surface area contributed by atoms with Gasteiger partial charge < -0.3 is 5.11 Å². The average Bonchev–Trinajstić information content (AvgIpc) is 2.72. The summed E-state index contributed by atoms with van der Waals surface area (Å²) in [7, 11) is 0. The summed E-state index contributed by atoms with van der Waals surface area (Å²) >= 11 is 1.41. The fraction of sp³-hybridized carbons (Fsp3) is 0.727. The summed E-state index contributed by atoms with van der Waals surface area (Å²) in [5.41, 5.74) is 0.330. The monoisotopic (exact) mass is 211 g/mol. The van der Waals surface area contributed by atoms with Crippen LogP contribution in [0.5, 0.6) is 0 Å². The Hall–Kier alpha value is -0.410. The third-order valence-corrected chi connectivity index (χ3v) is 3.92. The van der Waals surface area contributed by atoms with Crippen molar-refractivity contribution in [2.24, 2.45) is 17.3 Å². The van der Waals surface area contributed by atoms with E-state index in [-0.39, 0.29) is 6.10 Å². The molecule has 2 rings (SSSR count). The lowest BCUT2D eigenvalue weighted by atomic mass is 9.88. The Morgan fingerprint density at radius 1 is 1.57 bits per heavy atom. The van der Waals surface area contributed by atoms with E-state index in [1.165, 1.54) is 11.5 Å². The van der Waals surface area contributed by atoms with E-state index in [2.05, 4.69) is 25.1 Å². The first-order valence-electron chi connectivity index (χ1n) is 5.09. The van der Waals surface area contributed by atoms with E-state index in [0.717, 1.165) is 11.3 Å². The fourth-order valence-electron chi connectivity index (χ4n) is 2.15. The van der Waals surface area contributed by atoms with Gasteiger partial charge in [0.2, 0.25) is 0 Å². The molecule has 0 aromatic carbocycles. The standard InChI is InChI=1S/C11H17NOS/c1-11(2,3)8-6-7(8)10(13)9-4-5-12-14-9/h4-5,7-8,10,13H,6H2,1-3H3. The molecule has 1 aromatic rings. The maximum absolute atomic E-state index is 10.1. The first kappa shape index (κ1) is 10.1. The smallest absolute Gasteiger partial charge is 0.0928 e. The van der Waals surface area contributed by atoms with Gasteiger partial charge in [-0.2, -0.15) is 0 Å². The van der Waals surface area contributed by atoms with Crippen molar-refractivity contribution in [1.82, 2.24) is 4.37 Å². The minimum Gasteiger partial charge on any atom is -0.387 e. The second-order valence-electron chi connectivity index (χ2n) is 5.23. The molecule has 0 spiro atoms. The van der Waals surface area contributed by atoms with E-state index < -0.39 is 0 Å². The molecular weight excluding hydrogens is 194 g/mol. The Kier molecular flexibility index (Phi) is 2.40. The van der Waals surface area contributed by atoms with Crippen molar-refractivity contribution in [2.45, 2.75) is 33.3 Å². The lowest BCUT2D eigenvalue weighted by Crippen LogP contribution is -2.12. The fourth-order valence-corrected chi connectivity index (χ4v) is 2.80. The van der Waals surface area contributed by atoms with Gasteiger partial charge in [0.05, 0.1) is 11.0 Å². The van der Waals surface area contributed by atoms with E-state index in [1.807, 2.05) is 6.07 Å². The molecule has 0 radical (unpaired) electrons. The Morgan fingerprint density at radius 2 is 2.29 bits per heavy atom. The molecule has 1 heterocycles.